The van der Waals surface area contributed by atoms with Gasteiger partial charge in [0.25, 0.3) is 0 Å². The highest BCUT2D eigenvalue weighted by Gasteiger charge is 2.24. The van der Waals surface area contributed by atoms with Crippen LogP contribution in [0.15, 0.2) is 28.7 Å². The number of nitrogens with one attached hydrogen (secondary N) is 1. The van der Waals surface area contributed by atoms with Crippen LogP contribution in [0.5, 0.6) is 5.75 Å². The molecular weight excluding hydrogens is 250 g/mol. The fraction of sp³-hybridized carbons (Fsp3) is 0.529. The van der Waals surface area contributed by atoms with Gasteiger partial charge in [0.1, 0.15) is 5.76 Å². The van der Waals surface area contributed by atoms with Crippen molar-refractivity contribution in [3.8, 4) is 5.75 Å². The molecule has 3 heteroatoms. The predicted molar refractivity (Wildman–Crippen MR) is 81.1 cm³/mol. The van der Waals surface area contributed by atoms with E-state index >= 15 is 0 Å². The second-order valence-electron chi connectivity index (χ2n) is 6.03. The number of furan rings is 1. The number of rotatable bonds is 4. The van der Waals surface area contributed by atoms with Gasteiger partial charge in [-0.3, -0.25) is 0 Å². The summed E-state index contributed by atoms with van der Waals surface area (Å²) in [4.78, 5) is 0. The lowest BCUT2D eigenvalue weighted by Crippen LogP contribution is -2.29. The van der Waals surface area contributed by atoms with Crippen molar-refractivity contribution < 1.29 is 9.15 Å². The minimum absolute atomic E-state index is 0.238. The molecule has 0 amide bonds. The number of para-hydroxylation sites is 1. The molecule has 1 aliphatic carbocycles. The van der Waals surface area contributed by atoms with Crippen molar-refractivity contribution in [3.05, 3.63) is 30.0 Å². The summed E-state index contributed by atoms with van der Waals surface area (Å²) in [7, 11) is 1.68. The Morgan fingerprint density at radius 2 is 2.20 bits per heavy atom. The Bertz CT molecular complexity index is 590. The van der Waals surface area contributed by atoms with Gasteiger partial charge in [-0.15, -0.1) is 0 Å². The van der Waals surface area contributed by atoms with E-state index in [0.717, 1.165) is 28.4 Å². The minimum Gasteiger partial charge on any atom is -0.493 e. The van der Waals surface area contributed by atoms with Crippen LogP contribution >= 0.6 is 0 Å². The molecule has 0 spiro atoms. The molecular formula is C17H23NO2. The molecule has 3 unspecified atom stereocenters. The van der Waals surface area contributed by atoms with Crippen molar-refractivity contribution in [3.63, 3.8) is 0 Å². The molecule has 2 aromatic rings. The maximum Gasteiger partial charge on any atom is 0.176 e. The molecule has 0 aliphatic heterocycles. The van der Waals surface area contributed by atoms with Crippen molar-refractivity contribution in [1.82, 2.24) is 5.32 Å². The summed E-state index contributed by atoms with van der Waals surface area (Å²) in [5.74, 6) is 2.63. The molecule has 1 aliphatic rings. The van der Waals surface area contributed by atoms with Crippen LogP contribution in [0.3, 0.4) is 0 Å². The summed E-state index contributed by atoms with van der Waals surface area (Å²) in [5, 5.41) is 4.79. The highest BCUT2D eigenvalue weighted by Crippen LogP contribution is 2.32. The molecule has 1 saturated carbocycles. The molecule has 1 aromatic heterocycles. The Balaban J connectivity index is 1.79. The molecule has 0 radical (unpaired) electrons. The molecule has 1 aromatic carbocycles. The van der Waals surface area contributed by atoms with Crippen molar-refractivity contribution in [2.24, 2.45) is 5.92 Å². The first kappa shape index (κ1) is 13.5. The highest BCUT2D eigenvalue weighted by molar-refractivity contribution is 5.83. The quantitative estimate of drug-likeness (QED) is 0.902. The van der Waals surface area contributed by atoms with Gasteiger partial charge in [-0.1, -0.05) is 19.1 Å². The van der Waals surface area contributed by atoms with Gasteiger partial charge in [0.15, 0.2) is 11.3 Å². The third-order valence-electron chi connectivity index (χ3n) is 4.35. The SMILES string of the molecule is COc1cccc2cc(C(C)NC3CCC(C)C3)oc12. The van der Waals surface area contributed by atoms with Gasteiger partial charge in [0.05, 0.1) is 13.2 Å². The van der Waals surface area contributed by atoms with Crippen molar-refractivity contribution in [2.45, 2.75) is 45.2 Å². The van der Waals surface area contributed by atoms with Gasteiger partial charge >= 0.3 is 0 Å². The van der Waals surface area contributed by atoms with Gasteiger partial charge in [0, 0.05) is 11.4 Å². The number of hydrogen-bond acceptors (Lipinski definition) is 3. The smallest absolute Gasteiger partial charge is 0.176 e. The molecule has 20 heavy (non-hydrogen) atoms. The summed E-state index contributed by atoms with van der Waals surface area (Å²) in [5.41, 5.74) is 0.846. The van der Waals surface area contributed by atoms with Crippen molar-refractivity contribution in [1.29, 1.82) is 0 Å². The molecule has 1 N–H and O–H groups in total. The Labute approximate surface area is 120 Å². The molecule has 3 atom stereocenters. The number of ether oxygens (including phenoxy) is 1. The van der Waals surface area contributed by atoms with Crippen LogP contribution < -0.4 is 10.1 Å². The molecule has 3 rings (SSSR count). The van der Waals surface area contributed by atoms with E-state index in [-0.39, 0.29) is 6.04 Å². The molecule has 1 heterocycles. The first-order valence-electron chi connectivity index (χ1n) is 7.50. The Hall–Kier alpha value is -1.48. The summed E-state index contributed by atoms with van der Waals surface area (Å²) in [6.07, 6.45) is 3.88. The molecule has 0 saturated heterocycles. The summed E-state index contributed by atoms with van der Waals surface area (Å²) < 4.78 is 11.4. The summed E-state index contributed by atoms with van der Waals surface area (Å²) in [6.45, 7) is 4.51. The lowest BCUT2D eigenvalue weighted by atomic mass is 10.1. The Morgan fingerprint density at radius 1 is 1.35 bits per heavy atom. The van der Waals surface area contributed by atoms with Gasteiger partial charge in [-0.25, -0.2) is 0 Å². The third kappa shape index (κ3) is 2.55. The predicted octanol–water partition coefficient (Wildman–Crippen LogP) is 4.28. The largest absolute Gasteiger partial charge is 0.493 e. The Kier molecular flexibility index (Phi) is 3.70. The fourth-order valence-corrected chi connectivity index (χ4v) is 3.22. The second-order valence-corrected chi connectivity index (χ2v) is 6.03. The lowest BCUT2D eigenvalue weighted by molar-refractivity contribution is 0.382. The maximum absolute atomic E-state index is 6.00. The monoisotopic (exact) mass is 273 g/mol. The van der Waals surface area contributed by atoms with E-state index in [1.165, 1.54) is 19.3 Å². The summed E-state index contributed by atoms with van der Waals surface area (Å²) >= 11 is 0. The maximum atomic E-state index is 6.00. The van der Waals surface area contributed by atoms with Crippen LogP contribution in [-0.4, -0.2) is 13.2 Å². The number of methoxy groups -OCH3 is 1. The van der Waals surface area contributed by atoms with Crippen molar-refractivity contribution in [2.75, 3.05) is 7.11 Å². The van der Waals surface area contributed by atoms with Crippen LogP contribution in [0.2, 0.25) is 0 Å². The standard InChI is InChI=1S/C17H23NO2/c1-11-7-8-14(9-11)18-12(2)16-10-13-5-4-6-15(19-3)17(13)20-16/h4-6,10-12,14,18H,7-9H2,1-3H3. The van der Waals surface area contributed by atoms with E-state index < -0.39 is 0 Å². The second kappa shape index (κ2) is 5.49. The van der Waals surface area contributed by atoms with E-state index in [2.05, 4.69) is 31.3 Å². The highest BCUT2D eigenvalue weighted by atomic mass is 16.5. The zero-order chi connectivity index (χ0) is 14.1. The van der Waals surface area contributed by atoms with E-state index in [0.29, 0.717) is 6.04 Å². The van der Waals surface area contributed by atoms with Crippen LogP contribution in [-0.2, 0) is 0 Å². The summed E-state index contributed by atoms with van der Waals surface area (Å²) in [6, 6.07) is 8.98. The fourth-order valence-electron chi connectivity index (χ4n) is 3.22. The average Bonchev–Trinajstić information content (AvgIpc) is 3.04. The van der Waals surface area contributed by atoms with Crippen molar-refractivity contribution >= 4 is 11.0 Å². The molecule has 1 fully saturated rings. The van der Waals surface area contributed by atoms with Crippen LogP contribution in [0, 0.1) is 5.92 Å². The molecule has 0 bridgehead atoms. The van der Waals surface area contributed by atoms with E-state index in [1.54, 1.807) is 7.11 Å². The molecule has 3 nitrogen and oxygen atoms in total. The average molecular weight is 273 g/mol. The Morgan fingerprint density at radius 3 is 2.90 bits per heavy atom. The number of hydrogen-bond donors (Lipinski definition) is 1. The van der Waals surface area contributed by atoms with Gasteiger partial charge < -0.3 is 14.5 Å². The van der Waals surface area contributed by atoms with Crippen LogP contribution in [0.1, 0.15) is 44.9 Å². The molecule has 108 valence electrons. The number of fused-ring (bicyclic) bond motifs is 1. The first-order valence-corrected chi connectivity index (χ1v) is 7.50. The first-order chi connectivity index (χ1) is 9.67. The van der Waals surface area contributed by atoms with Gasteiger partial charge in [-0.05, 0) is 44.2 Å². The van der Waals surface area contributed by atoms with Gasteiger partial charge in [0.2, 0.25) is 0 Å². The van der Waals surface area contributed by atoms with E-state index in [9.17, 15) is 0 Å². The van der Waals surface area contributed by atoms with Gasteiger partial charge in [-0.2, -0.15) is 0 Å². The lowest BCUT2D eigenvalue weighted by Gasteiger charge is -2.17. The minimum atomic E-state index is 0.238. The topological polar surface area (TPSA) is 34.4 Å². The van der Waals surface area contributed by atoms with E-state index in [4.69, 9.17) is 9.15 Å². The zero-order valence-corrected chi connectivity index (χ0v) is 12.5. The number of benzene rings is 1. The van der Waals surface area contributed by atoms with Crippen LogP contribution in [0.25, 0.3) is 11.0 Å². The third-order valence-corrected chi connectivity index (χ3v) is 4.35. The van der Waals surface area contributed by atoms with Crippen LogP contribution in [0.4, 0.5) is 0 Å². The zero-order valence-electron chi connectivity index (χ0n) is 12.5. The van der Waals surface area contributed by atoms with E-state index in [1.807, 2.05) is 12.1 Å². The normalized spacial score (nSPS) is 24.1.